The summed E-state index contributed by atoms with van der Waals surface area (Å²) in [5.41, 5.74) is 2.21. The molecule has 0 saturated carbocycles. The molecule has 2 aromatic carbocycles. The molecule has 7 heteroatoms. The minimum absolute atomic E-state index is 0. The number of amides is 1. The van der Waals surface area contributed by atoms with Crippen LogP contribution in [0, 0.1) is 0 Å². The summed E-state index contributed by atoms with van der Waals surface area (Å²) in [5, 5.41) is 0.645. The average Bonchev–Trinajstić information content (AvgIpc) is 3.35. The van der Waals surface area contributed by atoms with E-state index in [1.54, 1.807) is 13.2 Å². The second-order valence-corrected chi connectivity index (χ2v) is 9.40. The molecule has 1 aromatic heterocycles. The van der Waals surface area contributed by atoms with Gasteiger partial charge in [-0.15, -0.1) is 0 Å². The Morgan fingerprint density at radius 1 is 1.18 bits per heavy atom. The molecule has 2 aliphatic rings. The molecule has 1 spiro atoms. The van der Waals surface area contributed by atoms with Crippen molar-refractivity contribution >= 4 is 17.5 Å². The first-order valence-electron chi connectivity index (χ1n) is 11.7. The number of halogens is 1. The minimum Gasteiger partial charge on any atom is -0.493 e. The van der Waals surface area contributed by atoms with E-state index in [0.29, 0.717) is 48.0 Å². The fraction of sp³-hybridized carbons (Fsp3) is 0.370. The molecule has 0 aliphatic carbocycles. The van der Waals surface area contributed by atoms with Gasteiger partial charge < -0.3 is 23.7 Å². The van der Waals surface area contributed by atoms with E-state index >= 15 is 0 Å². The van der Waals surface area contributed by atoms with Crippen molar-refractivity contribution in [3.63, 3.8) is 0 Å². The summed E-state index contributed by atoms with van der Waals surface area (Å²) in [6.45, 7) is 5.26. The minimum atomic E-state index is -0.482. The van der Waals surface area contributed by atoms with Gasteiger partial charge in [0.1, 0.15) is 5.75 Å². The number of carbonyl (C=O) groups excluding carboxylic acids is 1. The van der Waals surface area contributed by atoms with Crippen LogP contribution in [0.2, 0.25) is 5.02 Å². The van der Waals surface area contributed by atoms with Crippen molar-refractivity contribution in [2.24, 2.45) is 0 Å². The van der Waals surface area contributed by atoms with Crippen LogP contribution in [0.15, 0.2) is 54.7 Å². The third-order valence-corrected chi connectivity index (χ3v) is 7.11. The highest BCUT2D eigenvalue weighted by Gasteiger charge is 2.44. The van der Waals surface area contributed by atoms with E-state index in [1.165, 1.54) is 0 Å². The van der Waals surface area contributed by atoms with Gasteiger partial charge in [-0.05, 0) is 55.8 Å². The van der Waals surface area contributed by atoms with Gasteiger partial charge in [-0.3, -0.25) is 4.79 Å². The van der Waals surface area contributed by atoms with Crippen molar-refractivity contribution in [1.82, 2.24) is 9.47 Å². The van der Waals surface area contributed by atoms with Crippen LogP contribution in [-0.2, 0) is 5.60 Å². The molecule has 1 atom stereocenters. The Morgan fingerprint density at radius 3 is 2.71 bits per heavy atom. The van der Waals surface area contributed by atoms with E-state index in [1.807, 2.05) is 48.2 Å². The predicted molar refractivity (Wildman–Crippen MR) is 134 cm³/mol. The Kier molecular flexibility index (Phi) is 5.94. The van der Waals surface area contributed by atoms with Crippen LogP contribution >= 0.6 is 11.6 Å². The number of likely N-dealkylation sites (tertiary alicyclic amines) is 1. The van der Waals surface area contributed by atoms with Gasteiger partial charge in [0.05, 0.1) is 24.6 Å². The molecule has 0 bridgehead atoms. The van der Waals surface area contributed by atoms with Crippen molar-refractivity contribution in [3.8, 4) is 22.9 Å². The Labute approximate surface area is 206 Å². The van der Waals surface area contributed by atoms with Crippen LogP contribution in [0.25, 0.3) is 5.69 Å². The summed E-state index contributed by atoms with van der Waals surface area (Å²) >= 11 is 6.25. The molecule has 3 heterocycles. The van der Waals surface area contributed by atoms with Crippen molar-refractivity contribution in [2.45, 2.75) is 44.8 Å². The summed E-state index contributed by atoms with van der Waals surface area (Å²) in [5.74, 6) is 1.98. The zero-order valence-electron chi connectivity index (χ0n) is 19.7. The molecule has 6 nitrogen and oxygen atoms in total. The van der Waals surface area contributed by atoms with Gasteiger partial charge in [-0.2, -0.15) is 0 Å². The summed E-state index contributed by atoms with van der Waals surface area (Å²) in [6.07, 6.45) is 4.41. The number of hydrogen-bond acceptors (Lipinski definition) is 4. The quantitative estimate of drug-likeness (QED) is 0.441. The number of piperidine rings is 1. The van der Waals surface area contributed by atoms with E-state index in [4.69, 9.17) is 25.8 Å². The normalized spacial score (nSPS) is 16.9. The van der Waals surface area contributed by atoms with Gasteiger partial charge in [-0.1, -0.05) is 18.5 Å². The first-order chi connectivity index (χ1) is 16.4. The lowest BCUT2D eigenvalue weighted by atomic mass is 9.86. The van der Waals surface area contributed by atoms with Crippen LogP contribution in [0.5, 0.6) is 17.2 Å². The average molecular weight is 483 g/mol. The highest BCUT2D eigenvalue weighted by Crippen LogP contribution is 2.46. The molecule has 3 aromatic rings. The van der Waals surface area contributed by atoms with Gasteiger partial charge in [0.2, 0.25) is 0 Å². The maximum atomic E-state index is 13.3. The zero-order chi connectivity index (χ0) is 23.9. The fourth-order valence-electron chi connectivity index (χ4n) is 4.80. The summed E-state index contributed by atoms with van der Waals surface area (Å²) in [6, 6.07) is 15.3. The number of fused-ring (bicyclic) bond motifs is 4. The lowest BCUT2D eigenvalue weighted by Crippen LogP contribution is -2.50. The highest BCUT2D eigenvalue weighted by molar-refractivity contribution is 6.30. The van der Waals surface area contributed by atoms with Gasteiger partial charge in [0.15, 0.2) is 17.1 Å². The van der Waals surface area contributed by atoms with Gasteiger partial charge in [0, 0.05) is 50.2 Å². The number of carbonyl (C=O) groups is 1. The van der Waals surface area contributed by atoms with Gasteiger partial charge >= 0.3 is 0 Å². The summed E-state index contributed by atoms with van der Waals surface area (Å²) in [4.78, 5) is 15.2. The second-order valence-electron chi connectivity index (χ2n) is 8.97. The molecule has 1 saturated heterocycles. The Morgan fingerprint density at radius 2 is 1.97 bits per heavy atom. The lowest BCUT2D eigenvalue weighted by Gasteiger charge is -2.45. The van der Waals surface area contributed by atoms with Crippen molar-refractivity contribution in [3.05, 3.63) is 71.0 Å². The second kappa shape index (κ2) is 8.91. The summed E-state index contributed by atoms with van der Waals surface area (Å²) < 4.78 is 20.2. The number of ether oxygens (including phenoxy) is 3. The SMILES string of the molecule is CC[C@@H](C)Oc1ccc(C(=O)N2CCC3(CC2)Oc2cc(Cl)ccc2-n2cccc23)cc1OC.[HH]. The van der Waals surface area contributed by atoms with Crippen LogP contribution in [0.4, 0.5) is 0 Å². The van der Waals surface area contributed by atoms with Crippen LogP contribution < -0.4 is 14.2 Å². The number of methoxy groups -OCH3 is 1. The van der Waals surface area contributed by atoms with Gasteiger partial charge in [0.25, 0.3) is 5.91 Å². The third-order valence-electron chi connectivity index (χ3n) is 6.87. The Bertz CT molecular complexity index is 1220. The van der Waals surface area contributed by atoms with E-state index in [-0.39, 0.29) is 13.4 Å². The van der Waals surface area contributed by atoms with E-state index in [9.17, 15) is 4.79 Å². The third kappa shape index (κ3) is 3.90. The molecule has 1 fully saturated rings. The maximum Gasteiger partial charge on any atom is 0.253 e. The smallest absolute Gasteiger partial charge is 0.253 e. The van der Waals surface area contributed by atoms with Gasteiger partial charge in [-0.25, -0.2) is 0 Å². The van der Waals surface area contributed by atoms with Crippen LogP contribution in [0.1, 0.15) is 50.6 Å². The number of hydrogen-bond donors (Lipinski definition) is 0. The highest BCUT2D eigenvalue weighted by atomic mass is 35.5. The monoisotopic (exact) mass is 482 g/mol. The predicted octanol–water partition coefficient (Wildman–Crippen LogP) is 6.09. The lowest BCUT2D eigenvalue weighted by molar-refractivity contribution is -0.00930. The molecule has 180 valence electrons. The summed E-state index contributed by atoms with van der Waals surface area (Å²) in [7, 11) is 1.59. The first kappa shape index (κ1) is 22.7. The van der Waals surface area contributed by atoms with Crippen molar-refractivity contribution in [2.75, 3.05) is 20.2 Å². The Hall–Kier alpha value is -3.12. The standard InChI is InChI=1S/C27H29ClN2O4.H2/c1-4-18(2)33-22-10-7-19(16-24(22)32-3)26(31)29-14-11-27(12-15-29)25-6-5-13-30(25)21-9-8-20(28)17-23(21)34-27;/h5-10,13,16-18H,4,11-12,14-15H2,1-3H3;1H/t18-;/m1./s1. The Balaban J connectivity index is 0.00000289. The molecule has 0 radical (unpaired) electrons. The largest absolute Gasteiger partial charge is 0.493 e. The van der Waals surface area contributed by atoms with E-state index in [0.717, 1.165) is 23.6 Å². The molecular weight excluding hydrogens is 452 g/mol. The fourth-order valence-corrected chi connectivity index (χ4v) is 4.97. The first-order valence-corrected chi connectivity index (χ1v) is 12.1. The van der Waals surface area contributed by atoms with Crippen LogP contribution in [0.3, 0.4) is 0 Å². The number of benzene rings is 2. The van der Waals surface area contributed by atoms with E-state index in [2.05, 4.69) is 23.8 Å². The molecule has 2 aliphatic heterocycles. The molecule has 5 rings (SSSR count). The number of aromatic nitrogens is 1. The maximum absolute atomic E-state index is 13.3. The molecule has 0 unspecified atom stereocenters. The van der Waals surface area contributed by atoms with Crippen molar-refractivity contribution < 1.29 is 20.4 Å². The van der Waals surface area contributed by atoms with Crippen LogP contribution in [-0.4, -0.2) is 41.7 Å². The molecule has 1 amide bonds. The topological polar surface area (TPSA) is 52.9 Å². The molecular formula is C27H31ClN2O4. The number of rotatable bonds is 5. The van der Waals surface area contributed by atoms with E-state index < -0.39 is 5.60 Å². The molecule has 34 heavy (non-hydrogen) atoms. The van der Waals surface area contributed by atoms with Crippen molar-refractivity contribution in [1.29, 1.82) is 0 Å². The zero-order valence-corrected chi connectivity index (χ0v) is 20.5. The molecule has 0 N–H and O–H groups in total. The number of nitrogens with zero attached hydrogens (tertiary/aromatic N) is 2.